The Morgan fingerprint density at radius 2 is 1.95 bits per heavy atom. The number of anilines is 1. The van der Waals surface area contributed by atoms with E-state index < -0.39 is 31.1 Å². The van der Waals surface area contributed by atoms with Gasteiger partial charge in [-0.2, -0.15) is 13.2 Å². The van der Waals surface area contributed by atoms with Gasteiger partial charge in [-0.05, 0) is 34.1 Å². The Kier molecular flexibility index (Phi) is 5.37. The molecule has 5 nitrogen and oxygen atoms in total. The molecule has 1 aromatic carbocycles. The highest BCUT2D eigenvalue weighted by Crippen LogP contribution is 2.21. The second kappa shape index (κ2) is 6.60. The number of carboxylic acids is 1. The van der Waals surface area contributed by atoms with Gasteiger partial charge in [0, 0.05) is 16.7 Å². The van der Waals surface area contributed by atoms with E-state index in [-0.39, 0.29) is 11.3 Å². The summed E-state index contributed by atoms with van der Waals surface area (Å²) in [6.07, 6.45) is -5.48. The number of benzene rings is 1. The molecule has 0 aliphatic heterocycles. The monoisotopic (exact) mass is 354 g/mol. The summed E-state index contributed by atoms with van der Waals surface area (Å²) in [7, 11) is 0. The smallest absolute Gasteiger partial charge is 0.390 e. The van der Waals surface area contributed by atoms with Gasteiger partial charge in [0.25, 0.3) is 0 Å². The van der Waals surface area contributed by atoms with E-state index in [2.05, 4.69) is 21.2 Å². The molecule has 0 aliphatic carbocycles. The zero-order valence-corrected chi connectivity index (χ0v) is 11.5. The van der Waals surface area contributed by atoms with Gasteiger partial charge in [0.15, 0.2) is 0 Å². The van der Waals surface area contributed by atoms with Gasteiger partial charge in [-0.15, -0.1) is 0 Å². The van der Waals surface area contributed by atoms with Crippen LogP contribution in [0.5, 0.6) is 0 Å². The first-order chi connectivity index (χ1) is 9.19. The lowest BCUT2D eigenvalue weighted by Gasteiger charge is -2.10. The number of halogens is 4. The lowest BCUT2D eigenvalue weighted by Crippen LogP contribution is -2.31. The van der Waals surface area contributed by atoms with E-state index in [1.54, 1.807) is 0 Å². The number of rotatable bonds is 4. The zero-order chi connectivity index (χ0) is 15.3. The van der Waals surface area contributed by atoms with Crippen molar-refractivity contribution in [2.24, 2.45) is 0 Å². The van der Waals surface area contributed by atoms with Crippen molar-refractivity contribution in [3.63, 3.8) is 0 Å². The molecule has 0 unspecified atom stereocenters. The summed E-state index contributed by atoms with van der Waals surface area (Å²) in [5.41, 5.74) is 0.0909. The SMILES string of the molecule is O=C(NCCC(F)(F)F)Nc1ccc(Br)c(C(=O)O)c1. The lowest BCUT2D eigenvalue weighted by molar-refractivity contribution is -0.132. The first kappa shape index (κ1) is 16.3. The van der Waals surface area contributed by atoms with Crippen LogP contribution in [-0.2, 0) is 0 Å². The number of aromatic carboxylic acids is 1. The molecule has 1 aromatic rings. The summed E-state index contributed by atoms with van der Waals surface area (Å²) < 4.78 is 36.0. The predicted octanol–water partition coefficient (Wildman–Crippen LogP) is 3.22. The van der Waals surface area contributed by atoms with Gasteiger partial charge in [-0.25, -0.2) is 9.59 Å². The van der Waals surface area contributed by atoms with Crippen LogP contribution in [0.1, 0.15) is 16.8 Å². The van der Waals surface area contributed by atoms with Crippen molar-refractivity contribution in [2.45, 2.75) is 12.6 Å². The van der Waals surface area contributed by atoms with Gasteiger partial charge in [0.2, 0.25) is 0 Å². The van der Waals surface area contributed by atoms with E-state index in [0.717, 1.165) is 0 Å². The molecule has 20 heavy (non-hydrogen) atoms. The average Bonchev–Trinajstić information content (AvgIpc) is 2.29. The van der Waals surface area contributed by atoms with E-state index in [4.69, 9.17) is 5.11 Å². The van der Waals surface area contributed by atoms with Crippen LogP contribution < -0.4 is 10.6 Å². The molecule has 0 radical (unpaired) electrons. The van der Waals surface area contributed by atoms with Crippen LogP contribution in [0.3, 0.4) is 0 Å². The number of nitrogens with one attached hydrogen (secondary N) is 2. The number of hydrogen-bond acceptors (Lipinski definition) is 2. The van der Waals surface area contributed by atoms with Gasteiger partial charge in [0.05, 0.1) is 12.0 Å². The van der Waals surface area contributed by atoms with Crippen molar-refractivity contribution in [1.82, 2.24) is 5.32 Å². The van der Waals surface area contributed by atoms with Crippen LogP contribution in [0.25, 0.3) is 0 Å². The quantitative estimate of drug-likeness (QED) is 0.776. The third kappa shape index (κ3) is 5.47. The summed E-state index contributed by atoms with van der Waals surface area (Å²) in [5.74, 6) is -1.20. The molecule has 110 valence electrons. The third-order valence-electron chi connectivity index (χ3n) is 2.15. The van der Waals surface area contributed by atoms with Crippen molar-refractivity contribution >= 4 is 33.6 Å². The first-order valence-electron chi connectivity index (χ1n) is 5.33. The molecule has 0 aliphatic rings. The number of urea groups is 1. The number of carbonyl (C=O) groups is 2. The fourth-order valence-corrected chi connectivity index (χ4v) is 1.68. The standard InChI is InChI=1S/C11H10BrF3N2O3/c12-8-2-1-6(5-7(8)9(18)19)17-10(20)16-4-3-11(13,14)15/h1-2,5H,3-4H2,(H,18,19)(H2,16,17,20). The van der Waals surface area contributed by atoms with E-state index in [1.165, 1.54) is 18.2 Å². The third-order valence-corrected chi connectivity index (χ3v) is 2.84. The van der Waals surface area contributed by atoms with Crippen LogP contribution in [0, 0.1) is 0 Å². The van der Waals surface area contributed by atoms with E-state index in [9.17, 15) is 22.8 Å². The first-order valence-corrected chi connectivity index (χ1v) is 6.13. The maximum Gasteiger partial charge on any atom is 0.390 e. The van der Waals surface area contributed by atoms with Crippen LogP contribution in [0.15, 0.2) is 22.7 Å². The van der Waals surface area contributed by atoms with Crippen molar-refractivity contribution in [3.8, 4) is 0 Å². The molecular formula is C11H10BrF3N2O3. The Morgan fingerprint density at radius 1 is 1.30 bits per heavy atom. The Balaban J connectivity index is 2.58. The minimum atomic E-state index is -4.35. The molecule has 3 N–H and O–H groups in total. The molecule has 0 atom stereocenters. The molecule has 2 amide bonds. The van der Waals surface area contributed by atoms with Crippen molar-refractivity contribution in [3.05, 3.63) is 28.2 Å². The highest BCUT2D eigenvalue weighted by molar-refractivity contribution is 9.10. The van der Waals surface area contributed by atoms with Crippen molar-refractivity contribution in [1.29, 1.82) is 0 Å². The number of amides is 2. The Labute approximate surface area is 120 Å². The Hall–Kier alpha value is -1.77. The van der Waals surface area contributed by atoms with Crippen LogP contribution >= 0.6 is 15.9 Å². The topological polar surface area (TPSA) is 78.4 Å². The molecule has 0 bridgehead atoms. The lowest BCUT2D eigenvalue weighted by atomic mass is 10.2. The second-order valence-electron chi connectivity index (χ2n) is 3.75. The Bertz CT molecular complexity index is 520. The molecule has 0 saturated heterocycles. The summed E-state index contributed by atoms with van der Waals surface area (Å²) in [4.78, 5) is 22.2. The summed E-state index contributed by atoms with van der Waals surface area (Å²) in [6, 6.07) is 3.18. The number of carbonyl (C=O) groups excluding carboxylic acids is 1. The number of hydrogen-bond donors (Lipinski definition) is 3. The number of carboxylic acid groups (broad SMARTS) is 1. The summed E-state index contributed by atoms with van der Waals surface area (Å²) in [5, 5.41) is 13.1. The van der Waals surface area contributed by atoms with Crippen LogP contribution in [0.4, 0.5) is 23.7 Å². The zero-order valence-electron chi connectivity index (χ0n) is 9.92. The number of alkyl halides is 3. The van der Waals surface area contributed by atoms with Crippen LogP contribution in [-0.4, -0.2) is 29.8 Å². The van der Waals surface area contributed by atoms with Crippen molar-refractivity contribution in [2.75, 3.05) is 11.9 Å². The van der Waals surface area contributed by atoms with Crippen molar-refractivity contribution < 1.29 is 27.9 Å². The van der Waals surface area contributed by atoms with Gasteiger partial charge < -0.3 is 15.7 Å². The van der Waals surface area contributed by atoms with E-state index >= 15 is 0 Å². The molecule has 1 rings (SSSR count). The van der Waals surface area contributed by atoms with Crippen LogP contribution in [0.2, 0.25) is 0 Å². The summed E-state index contributed by atoms with van der Waals surface area (Å²) >= 11 is 3.03. The minimum absolute atomic E-state index is 0.0712. The molecule has 0 spiro atoms. The molecular weight excluding hydrogens is 345 g/mol. The fraction of sp³-hybridized carbons (Fsp3) is 0.273. The van der Waals surface area contributed by atoms with Gasteiger partial charge in [-0.1, -0.05) is 0 Å². The maximum atomic E-state index is 11.9. The normalized spacial score (nSPS) is 11.0. The average molecular weight is 355 g/mol. The highest BCUT2D eigenvalue weighted by atomic mass is 79.9. The largest absolute Gasteiger partial charge is 0.478 e. The molecule has 9 heteroatoms. The fourth-order valence-electron chi connectivity index (χ4n) is 1.26. The molecule has 0 saturated carbocycles. The van der Waals surface area contributed by atoms with Gasteiger partial charge in [0.1, 0.15) is 0 Å². The summed E-state index contributed by atoms with van der Waals surface area (Å²) in [6.45, 7) is -0.558. The highest BCUT2D eigenvalue weighted by Gasteiger charge is 2.26. The maximum absolute atomic E-state index is 11.9. The predicted molar refractivity (Wildman–Crippen MR) is 68.8 cm³/mol. The molecule has 0 heterocycles. The van der Waals surface area contributed by atoms with Gasteiger partial charge in [-0.3, -0.25) is 0 Å². The van der Waals surface area contributed by atoms with E-state index in [1.807, 2.05) is 5.32 Å². The minimum Gasteiger partial charge on any atom is -0.478 e. The van der Waals surface area contributed by atoms with E-state index in [0.29, 0.717) is 4.47 Å². The molecule has 0 fully saturated rings. The second-order valence-corrected chi connectivity index (χ2v) is 4.60. The molecule has 0 aromatic heterocycles. The Morgan fingerprint density at radius 3 is 2.50 bits per heavy atom. The van der Waals surface area contributed by atoms with Gasteiger partial charge >= 0.3 is 18.2 Å².